The third kappa shape index (κ3) is 14.5. The molecule has 2 unspecified atom stereocenters. The molecule has 0 aliphatic heterocycles. The smallest absolute Gasteiger partial charge is 0.243 e. The lowest BCUT2D eigenvalue weighted by molar-refractivity contribution is -0.134. The zero-order chi connectivity index (χ0) is 27.3. The Balaban J connectivity index is 5.37. The number of rotatable bonds is 16. The summed E-state index contributed by atoms with van der Waals surface area (Å²) in [5, 5.41) is 19.6. The molecule has 0 bridgehead atoms. The Bertz CT molecular complexity index is 641. The van der Waals surface area contributed by atoms with E-state index in [4.69, 9.17) is 0 Å². The van der Waals surface area contributed by atoms with Crippen molar-refractivity contribution < 1.29 is 19.5 Å². The molecule has 0 fully saturated rings. The van der Waals surface area contributed by atoms with Gasteiger partial charge in [-0.3, -0.25) is 14.4 Å². The van der Waals surface area contributed by atoms with Crippen molar-refractivity contribution in [2.75, 3.05) is 0 Å². The van der Waals surface area contributed by atoms with Crippen LogP contribution in [0.1, 0.15) is 114 Å². The monoisotopic (exact) mass is 497 g/mol. The highest BCUT2D eigenvalue weighted by Gasteiger charge is 2.33. The van der Waals surface area contributed by atoms with Crippen LogP contribution in [-0.2, 0) is 14.4 Å². The van der Waals surface area contributed by atoms with Crippen molar-refractivity contribution >= 4 is 17.7 Å². The second kappa shape index (κ2) is 16.2. The minimum absolute atomic E-state index is 0.131. The zero-order valence-electron chi connectivity index (χ0n) is 24.2. The number of unbranched alkanes of at least 4 members (excludes halogenated alkanes) is 3. The molecule has 0 aliphatic carbocycles. The van der Waals surface area contributed by atoms with E-state index in [1.165, 1.54) is 0 Å². The Morgan fingerprint density at radius 2 is 1.29 bits per heavy atom. The first kappa shape index (κ1) is 33.4. The normalized spacial score (nSPS) is 15.6. The maximum Gasteiger partial charge on any atom is 0.243 e. The average Bonchev–Trinajstić information content (AvgIpc) is 2.70. The maximum absolute atomic E-state index is 13.3. The van der Waals surface area contributed by atoms with Gasteiger partial charge in [0.05, 0.1) is 12.1 Å². The van der Waals surface area contributed by atoms with Gasteiger partial charge in [0.15, 0.2) is 0 Å². The Morgan fingerprint density at radius 1 is 0.771 bits per heavy atom. The Hall–Kier alpha value is -1.63. The number of hydrogen-bond acceptors (Lipinski definition) is 4. The SMILES string of the molecule is CCCCCCC(O)C(CC(C)C)NC(=O)[C@@H](NC(=O)[C@@H](NC(=O)CC(C)(C)C)C(C)C)C(C)C. The average molecular weight is 498 g/mol. The predicted molar refractivity (Wildman–Crippen MR) is 144 cm³/mol. The van der Waals surface area contributed by atoms with Crippen LogP contribution < -0.4 is 16.0 Å². The van der Waals surface area contributed by atoms with Gasteiger partial charge >= 0.3 is 0 Å². The minimum atomic E-state index is -0.759. The number of aliphatic hydroxyl groups excluding tert-OH is 1. The summed E-state index contributed by atoms with van der Waals surface area (Å²) in [4.78, 5) is 38.9. The second-order valence-electron chi connectivity index (χ2n) is 12.4. The Labute approximate surface area is 215 Å². The van der Waals surface area contributed by atoms with E-state index in [0.29, 0.717) is 25.2 Å². The van der Waals surface area contributed by atoms with Crippen LogP contribution in [0.5, 0.6) is 0 Å². The third-order valence-electron chi connectivity index (χ3n) is 6.07. The molecule has 35 heavy (non-hydrogen) atoms. The van der Waals surface area contributed by atoms with E-state index in [-0.39, 0.29) is 41.0 Å². The van der Waals surface area contributed by atoms with Gasteiger partial charge in [0.1, 0.15) is 12.1 Å². The van der Waals surface area contributed by atoms with Crippen molar-refractivity contribution in [1.82, 2.24) is 16.0 Å². The topological polar surface area (TPSA) is 108 Å². The summed E-state index contributed by atoms with van der Waals surface area (Å²) < 4.78 is 0. The molecule has 0 heterocycles. The molecule has 4 atom stereocenters. The van der Waals surface area contributed by atoms with Crippen LogP contribution in [0.3, 0.4) is 0 Å². The van der Waals surface area contributed by atoms with E-state index in [2.05, 4.69) is 36.7 Å². The molecule has 0 rings (SSSR count). The summed E-state index contributed by atoms with van der Waals surface area (Å²) in [6.07, 6.45) is 5.26. The van der Waals surface area contributed by atoms with Gasteiger partial charge < -0.3 is 21.1 Å². The number of carbonyl (C=O) groups is 3. The summed E-state index contributed by atoms with van der Waals surface area (Å²) in [5.74, 6) is -0.820. The van der Waals surface area contributed by atoms with Gasteiger partial charge in [-0.2, -0.15) is 0 Å². The molecule has 0 spiro atoms. The summed E-state index contributed by atoms with van der Waals surface area (Å²) >= 11 is 0. The fourth-order valence-electron chi connectivity index (χ4n) is 4.09. The quantitative estimate of drug-likeness (QED) is 0.234. The first-order valence-electron chi connectivity index (χ1n) is 13.7. The zero-order valence-corrected chi connectivity index (χ0v) is 24.2. The van der Waals surface area contributed by atoms with Crippen LogP contribution in [0.2, 0.25) is 0 Å². The molecule has 0 aromatic rings. The standard InChI is InChI=1S/C28H55N3O4/c1-11-12-13-14-15-22(32)21(16-18(2)3)29-26(34)25(20(6)7)31-27(35)24(19(4)5)30-23(33)17-28(8,9)10/h18-22,24-25,32H,11-17H2,1-10H3,(H,29,34)(H,30,33)(H,31,35)/t21?,22?,24-,25-/m0/s1. The highest BCUT2D eigenvalue weighted by molar-refractivity contribution is 5.92. The molecule has 0 radical (unpaired) electrons. The van der Waals surface area contributed by atoms with Crippen molar-refractivity contribution in [1.29, 1.82) is 0 Å². The Morgan fingerprint density at radius 3 is 1.74 bits per heavy atom. The molecule has 4 N–H and O–H groups in total. The van der Waals surface area contributed by atoms with Crippen LogP contribution in [0.15, 0.2) is 0 Å². The number of carbonyl (C=O) groups excluding carboxylic acids is 3. The highest BCUT2D eigenvalue weighted by Crippen LogP contribution is 2.19. The minimum Gasteiger partial charge on any atom is -0.391 e. The summed E-state index contributed by atoms with van der Waals surface area (Å²) in [6.45, 7) is 19.7. The molecule has 0 saturated carbocycles. The molecular weight excluding hydrogens is 442 g/mol. The Kier molecular flexibility index (Phi) is 15.4. The fraction of sp³-hybridized carbons (Fsp3) is 0.893. The van der Waals surface area contributed by atoms with E-state index >= 15 is 0 Å². The van der Waals surface area contributed by atoms with Crippen LogP contribution >= 0.6 is 0 Å². The molecule has 3 amide bonds. The van der Waals surface area contributed by atoms with E-state index < -0.39 is 18.2 Å². The van der Waals surface area contributed by atoms with Crippen LogP contribution in [-0.4, -0.2) is 47.1 Å². The first-order valence-corrected chi connectivity index (χ1v) is 13.7. The molecule has 0 aromatic carbocycles. The van der Waals surface area contributed by atoms with Gasteiger partial charge in [-0.05, 0) is 36.0 Å². The molecular formula is C28H55N3O4. The van der Waals surface area contributed by atoms with Gasteiger partial charge in [-0.15, -0.1) is 0 Å². The summed E-state index contributed by atoms with van der Waals surface area (Å²) in [6, 6.07) is -1.85. The van der Waals surface area contributed by atoms with Gasteiger partial charge in [-0.1, -0.05) is 94.9 Å². The molecule has 7 nitrogen and oxygen atoms in total. The van der Waals surface area contributed by atoms with Gasteiger partial charge in [0.25, 0.3) is 0 Å². The van der Waals surface area contributed by atoms with Crippen LogP contribution in [0, 0.1) is 23.2 Å². The second-order valence-corrected chi connectivity index (χ2v) is 12.4. The highest BCUT2D eigenvalue weighted by atomic mass is 16.3. The summed E-state index contributed by atoms with van der Waals surface area (Å²) in [5.41, 5.74) is -0.189. The molecule has 0 aliphatic rings. The van der Waals surface area contributed by atoms with E-state index in [0.717, 1.165) is 25.7 Å². The van der Waals surface area contributed by atoms with Crippen molar-refractivity contribution in [2.24, 2.45) is 23.2 Å². The van der Waals surface area contributed by atoms with Crippen molar-refractivity contribution in [3.8, 4) is 0 Å². The predicted octanol–water partition coefficient (Wildman–Crippen LogP) is 4.57. The number of hydrogen-bond donors (Lipinski definition) is 4. The lowest BCUT2D eigenvalue weighted by atomic mass is 9.91. The number of nitrogens with one attached hydrogen (secondary N) is 3. The van der Waals surface area contributed by atoms with E-state index in [9.17, 15) is 19.5 Å². The lowest BCUT2D eigenvalue weighted by Crippen LogP contribution is -2.59. The van der Waals surface area contributed by atoms with Gasteiger partial charge in [0.2, 0.25) is 17.7 Å². The number of aliphatic hydroxyl groups is 1. The van der Waals surface area contributed by atoms with Crippen molar-refractivity contribution in [2.45, 2.75) is 138 Å². The molecule has 7 heteroatoms. The first-order chi connectivity index (χ1) is 16.1. The summed E-state index contributed by atoms with van der Waals surface area (Å²) in [7, 11) is 0. The molecule has 0 saturated heterocycles. The fourth-order valence-corrected chi connectivity index (χ4v) is 4.09. The molecule has 0 aromatic heterocycles. The van der Waals surface area contributed by atoms with E-state index in [1.54, 1.807) is 0 Å². The van der Waals surface area contributed by atoms with Crippen LogP contribution in [0.4, 0.5) is 0 Å². The maximum atomic E-state index is 13.3. The van der Waals surface area contributed by atoms with Crippen molar-refractivity contribution in [3.05, 3.63) is 0 Å². The largest absolute Gasteiger partial charge is 0.391 e. The third-order valence-corrected chi connectivity index (χ3v) is 6.07. The number of amides is 3. The van der Waals surface area contributed by atoms with E-state index in [1.807, 2.05) is 48.5 Å². The van der Waals surface area contributed by atoms with Gasteiger partial charge in [0, 0.05) is 6.42 Å². The van der Waals surface area contributed by atoms with Crippen molar-refractivity contribution in [3.63, 3.8) is 0 Å². The lowest BCUT2D eigenvalue weighted by Gasteiger charge is -2.31. The van der Waals surface area contributed by atoms with Crippen LogP contribution in [0.25, 0.3) is 0 Å². The van der Waals surface area contributed by atoms with Gasteiger partial charge in [-0.25, -0.2) is 0 Å². The molecule has 206 valence electrons.